The Morgan fingerprint density at radius 3 is 2.62 bits per heavy atom. The van der Waals surface area contributed by atoms with Gasteiger partial charge in [-0.1, -0.05) is 42.8 Å². The van der Waals surface area contributed by atoms with Crippen LogP contribution in [-0.4, -0.2) is 33.5 Å². The fourth-order valence-electron chi connectivity index (χ4n) is 2.86. The van der Waals surface area contributed by atoms with Crippen LogP contribution in [0.15, 0.2) is 42.5 Å². The maximum Gasteiger partial charge on any atom is 0.361 e. The zero-order valence-corrected chi connectivity index (χ0v) is 17.2. The molecule has 29 heavy (non-hydrogen) atoms. The number of carbonyl (C=O) groups excluding carboxylic acids is 2. The number of benzene rings is 2. The fraction of sp³-hybridized carbons (Fsp3) is 0.238. The number of aromatic nitrogens is 3. The summed E-state index contributed by atoms with van der Waals surface area (Å²) in [4.78, 5) is 26.0. The molecule has 3 rings (SSSR count). The van der Waals surface area contributed by atoms with Crippen LogP contribution in [0.1, 0.15) is 34.2 Å². The fourth-order valence-corrected chi connectivity index (χ4v) is 3.04. The number of amides is 1. The second kappa shape index (κ2) is 8.87. The maximum absolute atomic E-state index is 12.4. The maximum atomic E-state index is 12.4. The zero-order chi connectivity index (χ0) is 21.0. The van der Waals surface area contributed by atoms with Crippen molar-refractivity contribution in [2.45, 2.75) is 27.2 Å². The third-order valence-electron chi connectivity index (χ3n) is 4.35. The van der Waals surface area contributed by atoms with Crippen LogP contribution in [0.2, 0.25) is 5.02 Å². The number of rotatable bonds is 6. The minimum absolute atomic E-state index is 0.0444. The van der Waals surface area contributed by atoms with Gasteiger partial charge in [0, 0.05) is 10.7 Å². The molecule has 1 aromatic heterocycles. The number of ether oxygens (including phenoxy) is 1. The van der Waals surface area contributed by atoms with Crippen molar-refractivity contribution < 1.29 is 14.3 Å². The number of halogens is 1. The van der Waals surface area contributed by atoms with E-state index in [-0.39, 0.29) is 5.69 Å². The highest BCUT2D eigenvalue weighted by molar-refractivity contribution is 6.30. The van der Waals surface area contributed by atoms with Crippen LogP contribution in [0.25, 0.3) is 5.69 Å². The minimum atomic E-state index is -0.716. The summed E-state index contributed by atoms with van der Waals surface area (Å²) >= 11 is 5.98. The first-order chi connectivity index (χ1) is 13.9. The average molecular weight is 413 g/mol. The third kappa shape index (κ3) is 4.81. The van der Waals surface area contributed by atoms with Crippen molar-refractivity contribution in [3.05, 3.63) is 70.0 Å². The molecular formula is C21H21ClN4O3. The van der Waals surface area contributed by atoms with E-state index in [0.717, 1.165) is 23.2 Å². The molecular weight excluding hydrogens is 392 g/mol. The van der Waals surface area contributed by atoms with Crippen molar-refractivity contribution in [2.24, 2.45) is 0 Å². The van der Waals surface area contributed by atoms with Gasteiger partial charge in [0.25, 0.3) is 5.91 Å². The van der Waals surface area contributed by atoms with Crippen molar-refractivity contribution in [3.8, 4) is 5.69 Å². The smallest absolute Gasteiger partial charge is 0.361 e. The number of nitrogens with zero attached hydrogens (tertiary/aromatic N) is 3. The van der Waals surface area contributed by atoms with Gasteiger partial charge < -0.3 is 10.1 Å². The predicted molar refractivity (Wildman–Crippen MR) is 111 cm³/mol. The second-order valence-corrected chi connectivity index (χ2v) is 6.93. The molecule has 1 heterocycles. The van der Waals surface area contributed by atoms with Crippen molar-refractivity contribution in [2.75, 3.05) is 11.9 Å². The number of anilines is 1. The van der Waals surface area contributed by atoms with Crippen LogP contribution >= 0.6 is 11.6 Å². The van der Waals surface area contributed by atoms with Crippen molar-refractivity contribution in [1.29, 1.82) is 0 Å². The predicted octanol–water partition coefficient (Wildman–Crippen LogP) is 3.90. The Labute approximate surface area is 173 Å². The van der Waals surface area contributed by atoms with E-state index in [2.05, 4.69) is 15.5 Å². The van der Waals surface area contributed by atoms with E-state index >= 15 is 0 Å². The Balaban J connectivity index is 1.66. The van der Waals surface area contributed by atoms with Crippen LogP contribution in [-0.2, 0) is 16.0 Å². The van der Waals surface area contributed by atoms with E-state index in [1.807, 2.05) is 32.0 Å². The summed E-state index contributed by atoms with van der Waals surface area (Å²) in [6.45, 7) is 5.15. The van der Waals surface area contributed by atoms with E-state index < -0.39 is 18.5 Å². The molecule has 2 aromatic carbocycles. The van der Waals surface area contributed by atoms with Crippen molar-refractivity contribution in [3.63, 3.8) is 0 Å². The molecule has 0 aliphatic rings. The quantitative estimate of drug-likeness (QED) is 0.620. The SMILES string of the molecule is CCc1cccc(C)c1NC(=O)COC(=O)c1nn(-c2cccc(Cl)c2)nc1C. The molecule has 150 valence electrons. The van der Waals surface area contributed by atoms with Gasteiger partial charge in [-0.2, -0.15) is 9.90 Å². The Morgan fingerprint density at radius 1 is 1.14 bits per heavy atom. The standard InChI is InChI=1S/C21H21ClN4O3/c1-4-15-8-5-7-13(2)19(15)23-18(27)12-29-21(28)20-14(3)24-26(25-20)17-10-6-9-16(22)11-17/h5-11H,4,12H2,1-3H3,(H,23,27). The molecule has 0 unspecified atom stereocenters. The van der Waals surface area contributed by atoms with Crippen molar-refractivity contribution in [1.82, 2.24) is 15.0 Å². The summed E-state index contributed by atoms with van der Waals surface area (Å²) in [5.41, 5.74) is 3.77. The molecule has 3 aromatic rings. The van der Waals surface area contributed by atoms with Gasteiger partial charge in [-0.15, -0.1) is 5.10 Å². The van der Waals surface area contributed by atoms with Gasteiger partial charge >= 0.3 is 5.97 Å². The number of carbonyl (C=O) groups is 2. The zero-order valence-electron chi connectivity index (χ0n) is 16.4. The van der Waals surface area contributed by atoms with E-state index in [0.29, 0.717) is 16.4 Å². The number of para-hydroxylation sites is 1. The molecule has 1 N–H and O–H groups in total. The van der Waals surface area contributed by atoms with Crippen LogP contribution in [0, 0.1) is 13.8 Å². The molecule has 0 fully saturated rings. The van der Waals surface area contributed by atoms with Gasteiger partial charge in [0.2, 0.25) is 0 Å². The average Bonchev–Trinajstić information content (AvgIpc) is 3.09. The Hall–Kier alpha value is -3.19. The van der Waals surface area contributed by atoms with Crippen LogP contribution < -0.4 is 5.32 Å². The monoisotopic (exact) mass is 412 g/mol. The van der Waals surface area contributed by atoms with E-state index in [4.69, 9.17) is 16.3 Å². The molecule has 0 saturated carbocycles. The molecule has 0 bridgehead atoms. The van der Waals surface area contributed by atoms with Gasteiger partial charge in [-0.25, -0.2) is 4.79 Å². The van der Waals surface area contributed by atoms with Gasteiger partial charge in [0.15, 0.2) is 12.3 Å². The molecule has 0 radical (unpaired) electrons. The number of hydrogen-bond donors (Lipinski definition) is 1. The molecule has 0 saturated heterocycles. The van der Waals surface area contributed by atoms with Gasteiger partial charge in [-0.3, -0.25) is 4.79 Å². The van der Waals surface area contributed by atoms with Crippen LogP contribution in [0.4, 0.5) is 5.69 Å². The molecule has 0 aliphatic heterocycles. The summed E-state index contributed by atoms with van der Waals surface area (Å²) in [5, 5.41) is 11.7. The summed E-state index contributed by atoms with van der Waals surface area (Å²) < 4.78 is 5.14. The third-order valence-corrected chi connectivity index (χ3v) is 4.59. The number of nitrogens with one attached hydrogen (secondary N) is 1. The first kappa shape index (κ1) is 20.5. The summed E-state index contributed by atoms with van der Waals surface area (Å²) in [5.74, 6) is -1.13. The summed E-state index contributed by atoms with van der Waals surface area (Å²) in [6.07, 6.45) is 0.781. The van der Waals surface area contributed by atoms with E-state index in [1.54, 1.807) is 31.2 Å². The van der Waals surface area contributed by atoms with E-state index in [1.165, 1.54) is 4.80 Å². The summed E-state index contributed by atoms with van der Waals surface area (Å²) in [7, 11) is 0. The topological polar surface area (TPSA) is 86.1 Å². The Kier molecular flexibility index (Phi) is 6.29. The van der Waals surface area contributed by atoms with Crippen molar-refractivity contribution >= 4 is 29.2 Å². The van der Waals surface area contributed by atoms with Gasteiger partial charge in [0.1, 0.15) is 0 Å². The number of aryl methyl sites for hydroxylation is 3. The Bertz CT molecular complexity index is 1060. The highest BCUT2D eigenvalue weighted by Crippen LogP contribution is 2.21. The highest BCUT2D eigenvalue weighted by Gasteiger charge is 2.19. The highest BCUT2D eigenvalue weighted by atomic mass is 35.5. The molecule has 0 spiro atoms. The molecule has 7 nitrogen and oxygen atoms in total. The van der Waals surface area contributed by atoms with E-state index in [9.17, 15) is 9.59 Å². The van der Waals surface area contributed by atoms with Gasteiger partial charge in [-0.05, 0) is 49.6 Å². The van der Waals surface area contributed by atoms with Gasteiger partial charge in [0.05, 0.1) is 11.4 Å². The lowest BCUT2D eigenvalue weighted by Crippen LogP contribution is -2.22. The molecule has 0 atom stereocenters. The molecule has 0 aliphatic carbocycles. The minimum Gasteiger partial charge on any atom is -0.451 e. The molecule has 1 amide bonds. The summed E-state index contributed by atoms with van der Waals surface area (Å²) in [6, 6.07) is 12.7. The second-order valence-electron chi connectivity index (χ2n) is 6.49. The molecule has 8 heteroatoms. The number of hydrogen-bond acceptors (Lipinski definition) is 5. The first-order valence-electron chi connectivity index (χ1n) is 9.14. The lowest BCUT2D eigenvalue weighted by Gasteiger charge is -2.12. The lowest BCUT2D eigenvalue weighted by atomic mass is 10.1. The van der Waals surface area contributed by atoms with Crippen LogP contribution in [0.5, 0.6) is 0 Å². The Morgan fingerprint density at radius 2 is 1.90 bits per heavy atom. The largest absolute Gasteiger partial charge is 0.451 e. The lowest BCUT2D eigenvalue weighted by molar-refractivity contribution is -0.119. The normalized spacial score (nSPS) is 10.6. The first-order valence-corrected chi connectivity index (χ1v) is 9.52. The number of esters is 1. The van der Waals surface area contributed by atoms with Crippen LogP contribution in [0.3, 0.4) is 0 Å².